The molecule has 1 amide bonds. The summed E-state index contributed by atoms with van der Waals surface area (Å²) in [4.78, 5) is 20.1. The van der Waals surface area contributed by atoms with E-state index in [2.05, 4.69) is 22.0 Å². The zero-order valence-corrected chi connectivity index (χ0v) is 18.6. The lowest BCUT2D eigenvalue weighted by Gasteiger charge is -2.30. The third kappa shape index (κ3) is 3.70. The molecule has 2 aromatic heterocycles. The number of carbonyl (C=O) groups excluding carboxylic acids is 1. The van der Waals surface area contributed by atoms with Crippen LogP contribution in [0.1, 0.15) is 31.2 Å². The fourth-order valence-electron chi connectivity index (χ4n) is 3.15. The van der Waals surface area contributed by atoms with Gasteiger partial charge >= 0.3 is 6.09 Å². The molecule has 3 heterocycles. The molecule has 0 aliphatic carbocycles. The van der Waals surface area contributed by atoms with Crippen molar-refractivity contribution in [2.45, 2.75) is 39.3 Å². The summed E-state index contributed by atoms with van der Waals surface area (Å²) in [7, 11) is 0. The Hall–Kier alpha value is -1.64. The topological polar surface area (TPSA) is 68.5 Å². The summed E-state index contributed by atoms with van der Waals surface area (Å²) in [5.41, 5.74) is 9.11. The molecule has 0 bridgehead atoms. The number of aromatic nitrogens is 1. The molecule has 8 heteroatoms. The molecule has 0 saturated carbocycles. The predicted octanol–water partition coefficient (Wildman–Crippen LogP) is 5.66. The summed E-state index contributed by atoms with van der Waals surface area (Å²) < 4.78 is 7.68. The summed E-state index contributed by atoms with van der Waals surface area (Å²) >= 11 is 6.71. The molecule has 142 valence electrons. The van der Waals surface area contributed by atoms with Gasteiger partial charge in [-0.2, -0.15) is 0 Å². The van der Waals surface area contributed by atoms with Gasteiger partial charge in [0.2, 0.25) is 0 Å². The number of halogens is 1. The summed E-state index contributed by atoms with van der Waals surface area (Å²) in [6.07, 6.45) is 0.489. The highest BCUT2D eigenvalue weighted by molar-refractivity contribution is 9.10. The molecule has 0 fully saturated rings. The van der Waals surface area contributed by atoms with Gasteiger partial charge in [0.1, 0.15) is 10.6 Å². The molecule has 27 heavy (non-hydrogen) atoms. The minimum Gasteiger partial charge on any atom is -0.444 e. The smallest absolute Gasteiger partial charge is 0.410 e. The second-order valence-electron chi connectivity index (χ2n) is 7.53. The van der Waals surface area contributed by atoms with Crippen molar-refractivity contribution in [1.29, 1.82) is 0 Å². The van der Waals surface area contributed by atoms with E-state index in [9.17, 15) is 4.79 Å². The number of fused-ring (bicyclic) bond motifs is 2. The molecular formula is C19H20BrN3O2S2. The zero-order valence-electron chi connectivity index (χ0n) is 15.3. The number of hydrogen-bond acceptors (Lipinski definition) is 6. The molecule has 4 rings (SSSR count). The molecule has 1 aliphatic heterocycles. The quantitative estimate of drug-likeness (QED) is 0.502. The molecule has 3 aromatic rings. The number of amides is 1. The van der Waals surface area contributed by atoms with Crippen LogP contribution in [0, 0.1) is 0 Å². The van der Waals surface area contributed by atoms with E-state index in [1.807, 2.05) is 32.9 Å². The van der Waals surface area contributed by atoms with Crippen molar-refractivity contribution in [2.24, 2.45) is 0 Å². The van der Waals surface area contributed by atoms with E-state index in [0.717, 1.165) is 41.6 Å². The summed E-state index contributed by atoms with van der Waals surface area (Å²) in [5, 5.41) is 1.72. The van der Waals surface area contributed by atoms with Gasteiger partial charge in [0.25, 0.3) is 0 Å². The van der Waals surface area contributed by atoms with Crippen LogP contribution in [-0.4, -0.2) is 28.1 Å². The number of nitrogens with zero attached hydrogens (tertiary/aromatic N) is 2. The first kappa shape index (κ1) is 18.7. The van der Waals surface area contributed by atoms with Crippen LogP contribution in [0.5, 0.6) is 0 Å². The van der Waals surface area contributed by atoms with E-state index in [-0.39, 0.29) is 6.09 Å². The van der Waals surface area contributed by atoms with E-state index >= 15 is 0 Å². The van der Waals surface area contributed by atoms with Crippen LogP contribution >= 0.6 is 38.6 Å². The minimum atomic E-state index is -0.494. The Balaban J connectivity index is 1.65. The van der Waals surface area contributed by atoms with Crippen molar-refractivity contribution in [3.8, 4) is 10.6 Å². The Kier molecular flexibility index (Phi) is 4.68. The largest absolute Gasteiger partial charge is 0.444 e. The van der Waals surface area contributed by atoms with Gasteiger partial charge in [-0.05, 0) is 51.0 Å². The number of ether oxygens (including phenoxy) is 1. The number of rotatable bonds is 1. The van der Waals surface area contributed by atoms with Crippen molar-refractivity contribution in [2.75, 3.05) is 12.3 Å². The van der Waals surface area contributed by atoms with Gasteiger partial charge in [-0.15, -0.1) is 22.7 Å². The Bertz CT molecular complexity index is 1040. The normalized spacial score (nSPS) is 14.4. The van der Waals surface area contributed by atoms with E-state index < -0.39 is 5.60 Å². The molecule has 1 aromatic carbocycles. The Morgan fingerprint density at radius 2 is 2.11 bits per heavy atom. The molecule has 0 radical (unpaired) electrons. The molecule has 0 atom stereocenters. The van der Waals surface area contributed by atoms with Crippen LogP contribution in [0.2, 0.25) is 0 Å². The Labute approximate surface area is 174 Å². The Morgan fingerprint density at radius 3 is 2.85 bits per heavy atom. The second-order valence-corrected chi connectivity index (χ2v) is 10.6. The van der Waals surface area contributed by atoms with Crippen molar-refractivity contribution >= 4 is 59.9 Å². The highest BCUT2D eigenvalue weighted by atomic mass is 79.9. The van der Waals surface area contributed by atoms with Crippen LogP contribution < -0.4 is 5.73 Å². The van der Waals surface area contributed by atoms with Gasteiger partial charge in [-0.3, -0.25) is 0 Å². The average Bonchev–Trinajstić information content (AvgIpc) is 3.11. The van der Waals surface area contributed by atoms with Crippen molar-refractivity contribution in [3.05, 3.63) is 33.1 Å². The fraction of sp³-hybridized carbons (Fsp3) is 0.368. The van der Waals surface area contributed by atoms with Gasteiger partial charge in [-0.25, -0.2) is 9.78 Å². The lowest BCUT2D eigenvalue weighted by atomic mass is 10.0. The molecular weight excluding hydrogens is 446 g/mol. The lowest BCUT2D eigenvalue weighted by molar-refractivity contribution is 0.0227. The van der Waals surface area contributed by atoms with E-state index in [4.69, 9.17) is 15.5 Å². The highest BCUT2D eigenvalue weighted by Gasteiger charge is 2.30. The lowest BCUT2D eigenvalue weighted by Crippen LogP contribution is -2.39. The predicted molar refractivity (Wildman–Crippen MR) is 115 cm³/mol. The summed E-state index contributed by atoms with van der Waals surface area (Å²) in [6, 6.07) is 6.09. The maximum atomic E-state index is 12.4. The van der Waals surface area contributed by atoms with Crippen molar-refractivity contribution in [3.63, 3.8) is 0 Å². The third-order valence-corrected chi connectivity index (χ3v) is 6.88. The third-order valence-electron chi connectivity index (χ3n) is 4.30. The number of nitrogen functional groups attached to an aromatic ring is 1. The fourth-order valence-corrected chi connectivity index (χ4v) is 5.95. The number of thiophene rings is 1. The van der Waals surface area contributed by atoms with Gasteiger partial charge in [0, 0.05) is 21.5 Å². The van der Waals surface area contributed by atoms with Crippen LogP contribution in [0.25, 0.3) is 20.8 Å². The first-order valence-electron chi connectivity index (χ1n) is 8.65. The van der Waals surface area contributed by atoms with E-state index in [1.54, 1.807) is 27.6 Å². The van der Waals surface area contributed by atoms with Gasteiger partial charge in [0.15, 0.2) is 0 Å². The number of benzene rings is 1. The second kappa shape index (κ2) is 6.76. The van der Waals surface area contributed by atoms with Crippen LogP contribution in [0.3, 0.4) is 0 Å². The first-order chi connectivity index (χ1) is 12.7. The first-order valence-corrected chi connectivity index (χ1v) is 11.1. The number of nitrogens with two attached hydrogens (primary N) is 1. The number of anilines is 1. The van der Waals surface area contributed by atoms with E-state index in [0.29, 0.717) is 13.1 Å². The van der Waals surface area contributed by atoms with Crippen LogP contribution in [0.15, 0.2) is 22.7 Å². The molecule has 0 unspecified atom stereocenters. The van der Waals surface area contributed by atoms with Gasteiger partial charge in [-0.1, -0.05) is 15.9 Å². The molecule has 0 saturated heterocycles. The van der Waals surface area contributed by atoms with Gasteiger partial charge in [0.05, 0.1) is 21.8 Å². The van der Waals surface area contributed by atoms with Crippen LogP contribution in [-0.2, 0) is 17.7 Å². The summed E-state index contributed by atoms with van der Waals surface area (Å²) in [5.74, 6) is 0. The van der Waals surface area contributed by atoms with Crippen molar-refractivity contribution < 1.29 is 9.53 Å². The zero-order chi connectivity index (χ0) is 19.3. The summed E-state index contributed by atoms with van der Waals surface area (Å²) in [6.45, 7) is 6.81. The Morgan fingerprint density at radius 1 is 1.33 bits per heavy atom. The molecule has 1 aliphatic rings. The molecule has 0 spiro atoms. The number of thiazole rings is 1. The molecule has 5 nitrogen and oxygen atoms in total. The maximum Gasteiger partial charge on any atom is 0.410 e. The van der Waals surface area contributed by atoms with Crippen molar-refractivity contribution in [1.82, 2.24) is 9.88 Å². The standard InChI is InChI=1S/C19H20BrN3O2S2/c1-19(2,3)25-18(24)23-7-6-11-14(9-23)26-16(21)15(11)17-22-12-5-4-10(20)8-13(12)27-17/h4-5,8H,6-7,9,21H2,1-3H3. The molecule has 2 N–H and O–H groups in total. The van der Waals surface area contributed by atoms with Crippen LogP contribution in [0.4, 0.5) is 9.80 Å². The monoisotopic (exact) mass is 465 g/mol. The number of carbonyl (C=O) groups is 1. The average molecular weight is 466 g/mol. The highest BCUT2D eigenvalue weighted by Crippen LogP contribution is 2.44. The van der Waals surface area contributed by atoms with Gasteiger partial charge < -0.3 is 15.4 Å². The maximum absolute atomic E-state index is 12.4. The minimum absolute atomic E-state index is 0.272. The van der Waals surface area contributed by atoms with E-state index in [1.165, 1.54) is 5.56 Å². The SMILES string of the molecule is CC(C)(C)OC(=O)N1CCc2c(sc(N)c2-c2nc3ccc(Br)cc3s2)C1. The number of hydrogen-bond donors (Lipinski definition) is 1.